The van der Waals surface area contributed by atoms with Gasteiger partial charge in [-0.1, -0.05) is 0 Å². The smallest absolute Gasteiger partial charge is 0.320 e. The molecule has 0 saturated carbocycles. The molecule has 3 unspecified atom stereocenters. The lowest BCUT2D eigenvalue weighted by Gasteiger charge is -2.19. The molecule has 0 aromatic rings. The molecule has 0 rings (SSSR count). The highest BCUT2D eigenvalue weighted by molar-refractivity contribution is 5.73. The minimum atomic E-state index is -2.64. The van der Waals surface area contributed by atoms with Crippen molar-refractivity contribution in [1.29, 1.82) is 0 Å². The van der Waals surface area contributed by atoms with Crippen molar-refractivity contribution in [2.45, 2.75) is 38.0 Å². The second-order valence-corrected chi connectivity index (χ2v) is 3.24. The summed E-state index contributed by atoms with van der Waals surface area (Å²) in [4.78, 5) is 20.6. The Kier molecular flexibility index (Phi) is 5.79. The summed E-state index contributed by atoms with van der Waals surface area (Å²) in [6.45, 7) is 0.940. The second-order valence-electron chi connectivity index (χ2n) is 3.24. The fraction of sp³-hybridized carbons (Fsp3) is 0.750. The Morgan fingerprint density at radius 1 is 1.38 bits per heavy atom. The minimum Gasteiger partial charge on any atom is -0.480 e. The van der Waals surface area contributed by atoms with Crippen molar-refractivity contribution in [2.75, 3.05) is 0 Å². The molecule has 1 amide bonds. The predicted octanol–water partition coefficient (Wildman–Crippen LogP) is -0.104. The highest BCUT2D eigenvalue weighted by Crippen LogP contribution is 2.15. The Balaban J connectivity index is 4.21. The van der Waals surface area contributed by atoms with E-state index in [1.807, 2.05) is 0 Å². The van der Waals surface area contributed by atoms with Crippen LogP contribution in [-0.4, -0.2) is 41.7 Å². The van der Waals surface area contributed by atoms with Gasteiger partial charge in [0.2, 0.25) is 12.2 Å². The quantitative estimate of drug-likeness (QED) is 0.567. The third-order valence-corrected chi connectivity index (χ3v) is 1.76. The third-order valence-electron chi connectivity index (χ3n) is 1.76. The number of nitrogens with one attached hydrogen (secondary N) is 1. The molecule has 0 aliphatic rings. The lowest BCUT2D eigenvalue weighted by molar-refractivity contribution is -0.139. The molecule has 16 heavy (non-hydrogen) atoms. The van der Waals surface area contributed by atoms with Crippen molar-refractivity contribution >= 4 is 11.9 Å². The van der Waals surface area contributed by atoms with Crippen LogP contribution < -0.4 is 11.1 Å². The van der Waals surface area contributed by atoms with Gasteiger partial charge in [-0.25, -0.2) is 13.2 Å². The summed E-state index contributed by atoms with van der Waals surface area (Å²) >= 11 is 0. The lowest BCUT2D eigenvalue weighted by atomic mass is 10.1. The third kappa shape index (κ3) is 4.96. The summed E-state index contributed by atoms with van der Waals surface area (Å²) in [7, 11) is 0. The van der Waals surface area contributed by atoms with Gasteiger partial charge in [0.1, 0.15) is 12.2 Å². The maximum atomic E-state index is 13.0. The molecular weight excluding hydrogens is 229 g/mol. The standard InChI is InChI=1S/C8H13F3N2O3/c1-3(14)13-7(11)6(10)4(9)2-5(12)8(15)16/h4-7H,2,12H2,1H3,(H,13,14)(H,15,16)/t4?,5-,6?,7?/m0/s1. The molecule has 0 aliphatic carbocycles. The van der Waals surface area contributed by atoms with Crippen molar-refractivity contribution in [3.63, 3.8) is 0 Å². The van der Waals surface area contributed by atoms with Gasteiger partial charge >= 0.3 is 5.97 Å². The number of amides is 1. The van der Waals surface area contributed by atoms with E-state index in [-0.39, 0.29) is 0 Å². The number of carboxylic acids is 1. The first-order valence-electron chi connectivity index (χ1n) is 4.43. The zero-order valence-corrected chi connectivity index (χ0v) is 8.49. The van der Waals surface area contributed by atoms with Crippen LogP contribution in [0.15, 0.2) is 0 Å². The Bertz CT molecular complexity index is 265. The van der Waals surface area contributed by atoms with Gasteiger partial charge in [0.15, 0.2) is 6.17 Å². The first-order chi connectivity index (χ1) is 7.25. The average Bonchev–Trinajstić information content (AvgIpc) is 2.14. The number of alkyl halides is 3. The Hall–Kier alpha value is -1.31. The van der Waals surface area contributed by atoms with E-state index in [9.17, 15) is 22.8 Å². The molecule has 0 bridgehead atoms. The minimum absolute atomic E-state index is 0.857. The van der Waals surface area contributed by atoms with Gasteiger partial charge in [-0.15, -0.1) is 0 Å². The van der Waals surface area contributed by atoms with Gasteiger partial charge in [0.05, 0.1) is 0 Å². The van der Waals surface area contributed by atoms with E-state index in [4.69, 9.17) is 10.8 Å². The Morgan fingerprint density at radius 3 is 2.25 bits per heavy atom. The van der Waals surface area contributed by atoms with Crippen molar-refractivity contribution in [2.24, 2.45) is 5.73 Å². The molecule has 0 fully saturated rings. The maximum absolute atomic E-state index is 13.0. The molecule has 4 N–H and O–H groups in total. The number of nitrogens with two attached hydrogens (primary N) is 1. The molecule has 0 aliphatic heterocycles. The number of carboxylic acid groups (broad SMARTS) is 1. The van der Waals surface area contributed by atoms with Crippen LogP contribution in [0.1, 0.15) is 13.3 Å². The number of rotatable bonds is 6. The van der Waals surface area contributed by atoms with Crippen molar-refractivity contribution < 1.29 is 27.9 Å². The van der Waals surface area contributed by atoms with E-state index in [0.717, 1.165) is 6.92 Å². The van der Waals surface area contributed by atoms with Crippen LogP contribution in [0.4, 0.5) is 13.2 Å². The molecule has 0 aromatic carbocycles. The Morgan fingerprint density at radius 2 is 1.88 bits per heavy atom. The monoisotopic (exact) mass is 242 g/mol. The van der Waals surface area contributed by atoms with Crippen LogP contribution in [-0.2, 0) is 9.59 Å². The summed E-state index contributed by atoms with van der Waals surface area (Å²) in [6.07, 6.45) is -8.42. The SMILES string of the molecule is CC(=O)NC(F)C(F)C(F)C[C@H](N)C(=O)O. The molecule has 8 heteroatoms. The fourth-order valence-electron chi connectivity index (χ4n) is 0.931. The van der Waals surface area contributed by atoms with Gasteiger partial charge in [-0.05, 0) is 0 Å². The maximum Gasteiger partial charge on any atom is 0.320 e. The van der Waals surface area contributed by atoms with E-state index in [2.05, 4.69) is 0 Å². The van der Waals surface area contributed by atoms with E-state index in [0.29, 0.717) is 0 Å². The molecule has 0 radical (unpaired) electrons. The number of aliphatic carboxylic acids is 1. The molecule has 0 aromatic heterocycles. The van der Waals surface area contributed by atoms with Crippen LogP contribution in [0.25, 0.3) is 0 Å². The van der Waals surface area contributed by atoms with E-state index >= 15 is 0 Å². The number of halogens is 3. The predicted molar refractivity (Wildman–Crippen MR) is 48.7 cm³/mol. The van der Waals surface area contributed by atoms with Crippen LogP contribution in [0.2, 0.25) is 0 Å². The van der Waals surface area contributed by atoms with Crippen LogP contribution in [0.3, 0.4) is 0 Å². The van der Waals surface area contributed by atoms with E-state index < -0.39 is 43.0 Å². The van der Waals surface area contributed by atoms with Crippen LogP contribution in [0.5, 0.6) is 0 Å². The number of carbonyl (C=O) groups is 2. The molecule has 0 saturated heterocycles. The number of carbonyl (C=O) groups excluding carboxylic acids is 1. The zero-order valence-electron chi connectivity index (χ0n) is 8.49. The lowest BCUT2D eigenvalue weighted by Crippen LogP contribution is -2.44. The van der Waals surface area contributed by atoms with Crippen molar-refractivity contribution in [3.8, 4) is 0 Å². The summed E-state index contributed by atoms with van der Waals surface area (Å²) in [5.74, 6) is -2.37. The molecule has 0 heterocycles. The van der Waals surface area contributed by atoms with Gasteiger partial charge in [-0.2, -0.15) is 0 Å². The van der Waals surface area contributed by atoms with Crippen molar-refractivity contribution in [1.82, 2.24) is 5.32 Å². The fourth-order valence-corrected chi connectivity index (χ4v) is 0.931. The van der Waals surface area contributed by atoms with Crippen LogP contribution in [0, 0.1) is 0 Å². The second kappa shape index (κ2) is 6.31. The molecule has 5 nitrogen and oxygen atoms in total. The van der Waals surface area contributed by atoms with Gasteiger partial charge in [-0.3, -0.25) is 9.59 Å². The molecule has 94 valence electrons. The van der Waals surface area contributed by atoms with Gasteiger partial charge in [0.25, 0.3) is 0 Å². The molecule has 0 spiro atoms. The van der Waals surface area contributed by atoms with Gasteiger partial charge < -0.3 is 16.2 Å². The normalized spacial score (nSPS) is 18.3. The van der Waals surface area contributed by atoms with E-state index in [1.165, 1.54) is 5.32 Å². The summed E-state index contributed by atoms with van der Waals surface area (Å²) in [5.41, 5.74) is 4.94. The van der Waals surface area contributed by atoms with E-state index in [1.54, 1.807) is 0 Å². The first-order valence-corrected chi connectivity index (χ1v) is 4.43. The van der Waals surface area contributed by atoms with Gasteiger partial charge in [0, 0.05) is 13.3 Å². The average molecular weight is 242 g/mol. The number of hydrogen-bond donors (Lipinski definition) is 3. The zero-order chi connectivity index (χ0) is 12.9. The topological polar surface area (TPSA) is 92.4 Å². The summed E-state index contributed by atoms with van der Waals surface area (Å²) in [6, 6.07) is -1.61. The highest BCUT2D eigenvalue weighted by Gasteiger charge is 2.33. The molecular formula is C8H13F3N2O3. The summed E-state index contributed by atoms with van der Waals surface area (Å²) < 4.78 is 38.8. The largest absolute Gasteiger partial charge is 0.480 e. The van der Waals surface area contributed by atoms with Crippen molar-refractivity contribution in [3.05, 3.63) is 0 Å². The highest BCUT2D eigenvalue weighted by atomic mass is 19.2. The summed E-state index contributed by atoms with van der Waals surface area (Å²) in [5, 5.41) is 9.84. The van der Waals surface area contributed by atoms with Crippen LogP contribution >= 0.6 is 0 Å². The molecule has 4 atom stereocenters. The first kappa shape index (κ1) is 14.7. The Labute approximate surface area is 89.8 Å². The number of hydrogen-bond acceptors (Lipinski definition) is 3.